The molecule has 2 rings (SSSR count). The lowest BCUT2D eigenvalue weighted by atomic mass is 10.2. The second kappa shape index (κ2) is 4.19. The lowest BCUT2D eigenvalue weighted by Gasteiger charge is -2.15. The third-order valence-corrected chi connectivity index (χ3v) is 2.72. The van der Waals surface area contributed by atoms with E-state index in [1.807, 2.05) is 0 Å². The van der Waals surface area contributed by atoms with Gasteiger partial charge in [0.1, 0.15) is 5.82 Å². The van der Waals surface area contributed by atoms with Gasteiger partial charge in [-0.3, -0.25) is 4.79 Å². The minimum atomic E-state index is -0.276. The molecule has 1 aliphatic heterocycles. The van der Waals surface area contributed by atoms with Gasteiger partial charge in [-0.05, 0) is 17.7 Å². The van der Waals surface area contributed by atoms with Gasteiger partial charge in [-0.2, -0.15) is 0 Å². The quantitative estimate of drug-likeness (QED) is 0.709. The second-order valence-electron chi connectivity index (χ2n) is 3.71. The molecule has 80 valence electrons. The van der Waals surface area contributed by atoms with E-state index in [4.69, 9.17) is 11.6 Å². The molecule has 1 fully saturated rings. The van der Waals surface area contributed by atoms with Crippen LogP contribution in [-0.2, 0) is 11.3 Å². The number of halogens is 2. The van der Waals surface area contributed by atoms with Crippen molar-refractivity contribution in [1.82, 2.24) is 4.90 Å². The minimum Gasteiger partial charge on any atom is -0.337 e. The Balaban J connectivity index is 2.06. The molecular weight excluding hydrogens is 217 g/mol. The molecule has 1 atom stereocenters. The number of carbonyl (C=O) groups is 1. The van der Waals surface area contributed by atoms with Crippen LogP contribution < -0.4 is 0 Å². The van der Waals surface area contributed by atoms with Gasteiger partial charge in [0.2, 0.25) is 5.91 Å². The first-order chi connectivity index (χ1) is 7.15. The summed E-state index contributed by atoms with van der Waals surface area (Å²) in [5.74, 6) is -0.235. The summed E-state index contributed by atoms with van der Waals surface area (Å²) in [6, 6.07) is 6.27. The Kier molecular flexibility index (Phi) is 2.91. The first kappa shape index (κ1) is 10.4. The molecular formula is C11H11ClFNO. The van der Waals surface area contributed by atoms with E-state index in [0.717, 1.165) is 5.56 Å². The van der Waals surface area contributed by atoms with Crippen LogP contribution in [0.5, 0.6) is 0 Å². The van der Waals surface area contributed by atoms with Gasteiger partial charge in [0.05, 0.1) is 5.38 Å². The molecule has 2 nitrogen and oxygen atoms in total. The molecule has 4 heteroatoms. The zero-order chi connectivity index (χ0) is 10.8. The Labute approximate surface area is 92.6 Å². The van der Waals surface area contributed by atoms with Crippen molar-refractivity contribution in [3.63, 3.8) is 0 Å². The molecule has 0 aromatic heterocycles. The van der Waals surface area contributed by atoms with Crippen molar-refractivity contribution in [2.45, 2.75) is 18.3 Å². The Morgan fingerprint density at radius 2 is 2.33 bits per heavy atom. The van der Waals surface area contributed by atoms with E-state index in [9.17, 15) is 9.18 Å². The molecule has 0 N–H and O–H groups in total. The van der Waals surface area contributed by atoms with Crippen molar-refractivity contribution < 1.29 is 9.18 Å². The number of amides is 1. The number of hydrogen-bond donors (Lipinski definition) is 0. The lowest BCUT2D eigenvalue weighted by Crippen LogP contribution is -2.24. The number of nitrogens with zero attached hydrogens (tertiary/aromatic N) is 1. The Bertz CT molecular complexity index is 383. The Morgan fingerprint density at radius 3 is 2.93 bits per heavy atom. The standard InChI is InChI=1S/C11H11ClFNO/c12-9-5-11(15)14(7-9)6-8-2-1-3-10(13)4-8/h1-4,9H,5-7H2. The topological polar surface area (TPSA) is 20.3 Å². The summed E-state index contributed by atoms with van der Waals surface area (Å²) in [7, 11) is 0. The first-order valence-electron chi connectivity index (χ1n) is 4.81. The zero-order valence-electron chi connectivity index (χ0n) is 8.12. The molecule has 1 aromatic carbocycles. The van der Waals surface area contributed by atoms with E-state index in [0.29, 0.717) is 19.5 Å². The Hall–Kier alpha value is -1.09. The highest BCUT2D eigenvalue weighted by molar-refractivity contribution is 6.22. The maximum Gasteiger partial charge on any atom is 0.224 e. The molecule has 1 amide bonds. The van der Waals surface area contributed by atoms with E-state index in [-0.39, 0.29) is 17.1 Å². The lowest BCUT2D eigenvalue weighted by molar-refractivity contribution is -0.128. The zero-order valence-corrected chi connectivity index (χ0v) is 8.88. The van der Waals surface area contributed by atoms with E-state index >= 15 is 0 Å². The van der Waals surface area contributed by atoms with Crippen LogP contribution >= 0.6 is 11.6 Å². The van der Waals surface area contributed by atoms with Crippen LogP contribution in [-0.4, -0.2) is 22.7 Å². The van der Waals surface area contributed by atoms with Crippen molar-refractivity contribution >= 4 is 17.5 Å². The van der Waals surface area contributed by atoms with Crippen molar-refractivity contribution in [1.29, 1.82) is 0 Å². The minimum absolute atomic E-state index is 0.0410. The van der Waals surface area contributed by atoms with Crippen LogP contribution in [0.25, 0.3) is 0 Å². The second-order valence-corrected chi connectivity index (χ2v) is 4.32. The molecule has 1 saturated heterocycles. The van der Waals surface area contributed by atoms with Gasteiger partial charge in [0, 0.05) is 19.5 Å². The summed E-state index contributed by atoms with van der Waals surface area (Å²) >= 11 is 5.86. The highest BCUT2D eigenvalue weighted by Gasteiger charge is 2.27. The normalized spacial score (nSPS) is 21.1. The molecule has 15 heavy (non-hydrogen) atoms. The van der Waals surface area contributed by atoms with E-state index in [1.165, 1.54) is 12.1 Å². The van der Waals surface area contributed by atoms with Crippen molar-refractivity contribution in [3.05, 3.63) is 35.6 Å². The monoisotopic (exact) mass is 227 g/mol. The van der Waals surface area contributed by atoms with Gasteiger partial charge in [-0.15, -0.1) is 11.6 Å². The third-order valence-electron chi connectivity index (χ3n) is 2.43. The molecule has 1 heterocycles. The van der Waals surface area contributed by atoms with Crippen LogP contribution in [0, 0.1) is 5.82 Å². The molecule has 0 radical (unpaired) electrons. The largest absolute Gasteiger partial charge is 0.337 e. The molecule has 0 saturated carbocycles. The van der Waals surface area contributed by atoms with E-state index in [1.54, 1.807) is 17.0 Å². The van der Waals surface area contributed by atoms with Gasteiger partial charge in [0.15, 0.2) is 0 Å². The SMILES string of the molecule is O=C1CC(Cl)CN1Cc1cccc(F)c1. The molecule has 0 aliphatic carbocycles. The summed E-state index contributed by atoms with van der Waals surface area (Å²) in [6.07, 6.45) is 0.386. The fourth-order valence-electron chi connectivity index (χ4n) is 1.73. The average molecular weight is 228 g/mol. The van der Waals surface area contributed by atoms with Crippen LogP contribution in [0.4, 0.5) is 4.39 Å². The fourth-order valence-corrected chi connectivity index (χ4v) is 2.03. The first-order valence-corrected chi connectivity index (χ1v) is 5.25. The number of rotatable bonds is 2. The number of carbonyl (C=O) groups excluding carboxylic acids is 1. The van der Waals surface area contributed by atoms with Crippen molar-refractivity contribution in [2.24, 2.45) is 0 Å². The molecule has 1 unspecified atom stereocenters. The van der Waals surface area contributed by atoms with Gasteiger partial charge in [-0.25, -0.2) is 4.39 Å². The third kappa shape index (κ3) is 2.48. The van der Waals surface area contributed by atoms with Crippen LogP contribution in [0.3, 0.4) is 0 Å². The van der Waals surface area contributed by atoms with Gasteiger partial charge in [0.25, 0.3) is 0 Å². The number of alkyl halides is 1. The molecule has 1 aromatic rings. The summed E-state index contributed by atoms with van der Waals surface area (Å²) in [5.41, 5.74) is 0.800. The van der Waals surface area contributed by atoms with Crippen LogP contribution in [0.2, 0.25) is 0 Å². The number of hydrogen-bond acceptors (Lipinski definition) is 1. The van der Waals surface area contributed by atoms with Gasteiger partial charge in [-0.1, -0.05) is 12.1 Å². The van der Waals surface area contributed by atoms with E-state index in [2.05, 4.69) is 0 Å². The van der Waals surface area contributed by atoms with Gasteiger partial charge < -0.3 is 4.90 Å². The molecule has 1 aliphatic rings. The highest BCUT2D eigenvalue weighted by atomic mass is 35.5. The average Bonchev–Trinajstić information content (AvgIpc) is 2.45. The Morgan fingerprint density at radius 1 is 1.53 bits per heavy atom. The predicted molar refractivity (Wildman–Crippen MR) is 56.1 cm³/mol. The highest BCUT2D eigenvalue weighted by Crippen LogP contribution is 2.19. The number of benzene rings is 1. The van der Waals surface area contributed by atoms with Crippen molar-refractivity contribution in [3.8, 4) is 0 Å². The summed E-state index contributed by atoms with van der Waals surface area (Å²) in [5, 5.41) is -0.106. The molecule has 0 bridgehead atoms. The smallest absolute Gasteiger partial charge is 0.224 e. The summed E-state index contributed by atoms with van der Waals surface area (Å²) in [6.45, 7) is 0.997. The maximum atomic E-state index is 12.9. The van der Waals surface area contributed by atoms with Crippen LogP contribution in [0.1, 0.15) is 12.0 Å². The van der Waals surface area contributed by atoms with E-state index < -0.39 is 0 Å². The maximum absolute atomic E-state index is 12.9. The summed E-state index contributed by atoms with van der Waals surface area (Å²) in [4.78, 5) is 13.1. The predicted octanol–water partition coefficient (Wildman–Crippen LogP) is 2.17. The fraction of sp³-hybridized carbons (Fsp3) is 0.364. The molecule has 0 spiro atoms. The summed E-state index contributed by atoms with van der Waals surface area (Å²) < 4.78 is 12.9. The number of likely N-dealkylation sites (tertiary alicyclic amines) is 1. The van der Waals surface area contributed by atoms with Gasteiger partial charge >= 0.3 is 0 Å². The van der Waals surface area contributed by atoms with Crippen LogP contribution in [0.15, 0.2) is 24.3 Å². The van der Waals surface area contributed by atoms with Crippen molar-refractivity contribution in [2.75, 3.05) is 6.54 Å².